The molecule has 0 aliphatic rings. The number of halogens is 1. The Kier molecular flexibility index (Phi) is 4.40. The summed E-state index contributed by atoms with van der Waals surface area (Å²) >= 11 is 2.09. The molecule has 0 aromatic heterocycles. The highest BCUT2D eigenvalue weighted by atomic mass is 127. The molecule has 0 saturated carbocycles. The number of carbonyl (C=O) groups is 1. The fourth-order valence-electron chi connectivity index (χ4n) is 1.08. The smallest absolute Gasteiger partial charge is 0.342 e. The zero-order chi connectivity index (χ0) is 10.6. The third-order valence-electron chi connectivity index (χ3n) is 1.67. The number of carbonyl (C=O) groups excluding carboxylic acids is 1. The molecular weight excluding hydrogens is 311 g/mol. The molecule has 0 radical (unpaired) electrons. The fraction of sp³-hybridized carbons (Fsp3) is 0.222. The number of hydrogen-bond acceptors (Lipinski definition) is 3. The van der Waals surface area contributed by atoms with Crippen molar-refractivity contribution in [1.29, 1.82) is 0 Å². The van der Waals surface area contributed by atoms with E-state index in [1.54, 1.807) is 13.2 Å². The van der Waals surface area contributed by atoms with Gasteiger partial charge in [-0.1, -0.05) is 6.07 Å². The van der Waals surface area contributed by atoms with E-state index in [0.29, 0.717) is 17.5 Å². The SMILES string of the molecule is COc1cccc(I)c1C(=O)OC[SiH3]. The van der Waals surface area contributed by atoms with Gasteiger partial charge in [-0.15, -0.1) is 0 Å². The van der Waals surface area contributed by atoms with Crippen molar-refractivity contribution < 1.29 is 14.3 Å². The number of methoxy groups -OCH3 is 1. The Hall–Kier alpha value is -0.563. The lowest BCUT2D eigenvalue weighted by molar-refractivity contribution is 0.0568. The van der Waals surface area contributed by atoms with Crippen LogP contribution in [0.5, 0.6) is 5.75 Å². The van der Waals surface area contributed by atoms with Crippen LogP contribution in [0, 0.1) is 3.57 Å². The van der Waals surface area contributed by atoms with Gasteiger partial charge in [-0.2, -0.15) is 0 Å². The fourth-order valence-corrected chi connectivity index (χ4v) is 2.03. The monoisotopic (exact) mass is 322 g/mol. The second kappa shape index (κ2) is 5.35. The predicted molar refractivity (Wildman–Crippen MR) is 65.9 cm³/mol. The molecule has 1 aromatic carbocycles. The van der Waals surface area contributed by atoms with E-state index in [1.807, 2.05) is 12.1 Å². The van der Waals surface area contributed by atoms with Crippen molar-refractivity contribution in [2.45, 2.75) is 0 Å². The largest absolute Gasteiger partial charge is 0.496 e. The maximum atomic E-state index is 11.6. The van der Waals surface area contributed by atoms with Crippen LogP contribution in [0.15, 0.2) is 18.2 Å². The first-order chi connectivity index (χ1) is 6.70. The van der Waals surface area contributed by atoms with E-state index in [4.69, 9.17) is 9.47 Å². The lowest BCUT2D eigenvalue weighted by Crippen LogP contribution is -2.09. The van der Waals surface area contributed by atoms with E-state index in [9.17, 15) is 4.79 Å². The molecule has 3 nitrogen and oxygen atoms in total. The summed E-state index contributed by atoms with van der Waals surface area (Å²) in [6.07, 6.45) is 0.507. The van der Waals surface area contributed by atoms with Gasteiger partial charge in [0.15, 0.2) is 0 Å². The topological polar surface area (TPSA) is 35.5 Å². The van der Waals surface area contributed by atoms with Gasteiger partial charge >= 0.3 is 5.97 Å². The Morgan fingerprint density at radius 2 is 2.29 bits per heavy atom. The summed E-state index contributed by atoms with van der Waals surface area (Å²) in [6, 6.07) is 5.46. The number of benzene rings is 1. The average molecular weight is 322 g/mol. The van der Waals surface area contributed by atoms with Crippen LogP contribution in [0.1, 0.15) is 10.4 Å². The number of rotatable bonds is 3. The molecule has 0 spiro atoms. The number of ether oxygens (including phenoxy) is 2. The van der Waals surface area contributed by atoms with E-state index in [0.717, 1.165) is 13.8 Å². The molecule has 0 bridgehead atoms. The molecule has 76 valence electrons. The first kappa shape index (κ1) is 11.5. The highest BCUT2D eigenvalue weighted by Crippen LogP contribution is 2.24. The normalized spacial score (nSPS) is 9.86. The summed E-state index contributed by atoms with van der Waals surface area (Å²) in [5.74, 6) is 0.263. The Labute approximate surface area is 99.3 Å². The number of esters is 1. The second-order valence-electron chi connectivity index (χ2n) is 2.54. The highest BCUT2D eigenvalue weighted by Gasteiger charge is 2.16. The van der Waals surface area contributed by atoms with Crippen LogP contribution in [-0.2, 0) is 4.74 Å². The minimum atomic E-state index is -0.304. The van der Waals surface area contributed by atoms with Gasteiger partial charge in [-0.3, -0.25) is 0 Å². The van der Waals surface area contributed by atoms with Gasteiger partial charge in [0.1, 0.15) is 11.3 Å². The van der Waals surface area contributed by atoms with Crippen molar-refractivity contribution >= 4 is 38.8 Å². The summed E-state index contributed by atoms with van der Waals surface area (Å²) in [5.41, 5.74) is 0.520. The molecule has 0 fully saturated rings. The van der Waals surface area contributed by atoms with E-state index >= 15 is 0 Å². The molecule has 1 aromatic rings. The van der Waals surface area contributed by atoms with Crippen molar-refractivity contribution in [2.24, 2.45) is 0 Å². The zero-order valence-corrected chi connectivity index (χ0v) is 12.2. The van der Waals surface area contributed by atoms with Crippen LogP contribution in [0.4, 0.5) is 0 Å². The summed E-state index contributed by atoms with van der Waals surface area (Å²) in [6.45, 7) is 0. The van der Waals surface area contributed by atoms with Gasteiger partial charge in [0.2, 0.25) is 0 Å². The Balaban J connectivity index is 3.10. The van der Waals surface area contributed by atoms with Gasteiger partial charge in [-0.25, -0.2) is 4.79 Å². The van der Waals surface area contributed by atoms with Crippen LogP contribution in [0.25, 0.3) is 0 Å². The minimum absolute atomic E-state index is 0.304. The van der Waals surface area contributed by atoms with Crippen LogP contribution in [0.3, 0.4) is 0 Å². The Morgan fingerprint density at radius 1 is 1.57 bits per heavy atom. The standard InChI is InChI=1S/C9H11IO3Si/c1-12-7-4-2-3-6(10)8(7)9(11)13-5-14/h2-4H,5H2,1,14H3. The summed E-state index contributed by atoms with van der Waals surface area (Å²) < 4.78 is 10.9. The van der Waals surface area contributed by atoms with Gasteiger partial charge in [-0.05, 0) is 34.7 Å². The molecule has 0 atom stereocenters. The van der Waals surface area contributed by atoms with Crippen molar-refractivity contribution in [3.05, 3.63) is 27.3 Å². The predicted octanol–water partition coefficient (Wildman–Crippen LogP) is 0.779. The van der Waals surface area contributed by atoms with E-state index in [2.05, 4.69) is 22.6 Å². The molecule has 0 unspecified atom stereocenters. The van der Waals surface area contributed by atoms with E-state index in [1.165, 1.54) is 0 Å². The molecule has 0 aliphatic heterocycles. The molecule has 0 heterocycles. The number of hydrogen-bond donors (Lipinski definition) is 0. The van der Waals surface area contributed by atoms with Crippen LogP contribution >= 0.6 is 22.6 Å². The van der Waals surface area contributed by atoms with Crippen molar-refractivity contribution in [2.75, 3.05) is 13.3 Å². The zero-order valence-electron chi connectivity index (χ0n) is 8.04. The van der Waals surface area contributed by atoms with Crippen molar-refractivity contribution in [3.63, 3.8) is 0 Å². The molecule has 1 rings (SSSR count). The molecule has 0 amide bonds. The molecular formula is C9H11IO3Si. The minimum Gasteiger partial charge on any atom is -0.496 e. The molecule has 0 saturated heterocycles. The molecule has 0 aliphatic carbocycles. The molecule has 14 heavy (non-hydrogen) atoms. The second-order valence-corrected chi connectivity index (χ2v) is 4.28. The van der Waals surface area contributed by atoms with Gasteiger partial charge in [0.25, 0.3) is 0 Å². The first-order valence-electron chi connectivity index (χ1n) is 4.20. The molecule has 0 N–H and O–H groups in total. The summed E-state index contributed by atoms with van der Waals surface area (Å²) in [4.78, 5) is 11.6. The lowest BCUT2D eigenvalue weighted by Gasteiger charge is -2.08. The lowest BCUT2D eigenvalue weighted by atomic mass is 10.2. The van der Waals surface area contributed by atoms with Gasteiger partial charge < -0.3 is 9.47 Å². The first-order valence-corrected chi connectivity index (χ1v) is 6.69. The van der Waals surface area contributed by atoms with Crippen molar-refractivity contribution in [3.8, 4) is 5.75 Å². The maximum absolute atomic E-state index is 11.6. The van der Waals surface area contributed by atoms with Crippen LogP contribution < -0.4 is 4.74 Å². The quantitative estimate of drug-likeness (QED) is 0.469. The van der Waals surface area contributed by atoms with E-state index < -0.39 is 0 Å². The van der Waals surface area contributed by atoms with Gasteiger partial charge in [0, 0.05) is 3.57 Å². The van der Waals surface area contributed by atoms with Gasteiger partial charge in [0.05, 0.1) is 23.6 Å². The third kappa shape index (κ3) is 2.47. The van der Waals surface area contributed by atoms with Crippen LogP contribution in [-0.4, -0.2) is 29.6 Å². The Bertz CT molecular complexity index is 341. The average Bonchev–Trinajstić information content (AvgIpc) is 2.17. The van der Waals surface area contributed by atoms with Crippen LogP contribution in [0.2, 0.25) is 0 Å². The maximum Gasteiger partial charge on any atom is 0.342 e. The highest BCUT2D eigenvalue weighted by molar-refractivity contribution is 14.1. The summed E-state index contributed by atoms with van der Waals surface area (Å²) in [7, 11) is 2.39. The summed E-state index contributed by atoms with van der Waals surface area (Å²) in [5, 5.41) is 0. The molecule has 5 heteroatoms. The van der Waals surface area contributed by atoms with Crippen molar-refractivity contribution in [1.82, 2.24) is 0 Å². The third-order valence-corrected chi connectivity index (χ3v) is 2.86. The Morgan fingerprint density at radius 3 is 2.86 bits per heavy atom. The van der Waals surface area contributed by atoms with E-state index in [-0.39, 0.29) is 5.97 Å².